The van der Waals surface area contributed by atoms with Gasteiger partial charge in [-0.15, -0.1) is 0 Å². The summed E-state index contributed by atoms with van der Waals surface area (Å²) in [7, 11) is 0. The lowest BCUT2D eigenvalue weighted by atomic mass is 10.1. The van der Waals surface area contributed by atoms with Crippen LogP contribution in [-0.4, -0.2) is 15.7 Å². The van der Waals surface area contributed by atoms with Gasteiger partial charge in [0.05, 0.1) is 10.6 Å². The second-order valence-electron chi connectivity index (χ2n) is 4.11. The fourth-order valence-electron chi connectivity index (χ4n) is 1.76. The van der Waals surface area contributed by atoms with E-state index in [1.54, 1.807) is 19.1 Å². The summed E-state index contributed by atoms with van der Waals surface area (Å²) in [6.07, 6.45) is 0. The zero-order valence-electron chi connectivity index (χ0n) is 10.6. The van der Waals surface area contributed by atoms with Crippen molar-refractivity contribution < 1.29 is 10.0 Å². The van der Waals surface area contributed by atoms with E-state index in [1.807, 2.05) is 18.2 Å². The van der Waals surface area contributed by atoms with Gasteiger partial charge in [-0.1, -0.05) is 29.8 Å². The third kappa shape index (κ3) is 2.95. The fourth-order valence-corrected chi connectivity index (χ4v) is 1.97. The number of nitro benzene ring substituents is 1. The number of nitrogens with zero attached hydrogens (tertiary/aromatic N) is 2. The summed E-state index contributed by atoms with van der Waals surface area (Å²) in [5.74, 6) is -0.434. The van der Waals surface area contributed by atoms with Gasteiger partial charge in [0.1, 0.15) is 0 Å². The summed E-state index contributed by atoms with van der Waals surface area (Å²) >= 11 is 5.84. The van der Waals surface area contributed by atoms with Crippen LogP contribution in [0.1, 0.15) is 12.5 Å². The zero-order chi connectivity index (χ0) is 14.7. The van der Waals surface area contributed by atoms with Gasteiger partial charge in [-0.25, -0.2) is 0 Å². The molecule has 2 aromatic carbocycles. The van der Waals surface area contributed by atoms with Gasteiger partial charge in [-0.3, -0.25) is 15.1 Å². The molecule has 0 amide bonds. The van der Waals surface area contributed by atoms with Crippen LogP contribution in [0.5, 0.6) is 5.75 Å². The Bertz CT molecular complexity index is 684. The summed E-state index contributed by atoms with van der Waals surface area (Å²) in [6.45, 7) is 1.65. The highest BCUT2D eigenvalue weighted by Gasteiger charge is 2.20. The molecule has 0 saturated carbocycles. The van der Waals surface area contributed by atoms with Gasteiger partial charge >= 0.3 is 5.69 Å². The Morgan fingerprint density at radius 1 is 1.30 bits per heavy atom. The zero-order valence-corrected chi connectivity index (χ0v) is 11.3. The molecule has 2 aromatic rings. The van der Waals surface area contributed by atoms with Crippen LogP contribution in [0.4, 0.5) is 11.4 Å². The van der Waals surface area contributed by atoms with Crippen molar-refractivity contribution >= 4 is 28.7 Å². The number of aliphatic imine (C=N–C) groups is 1. The van der Waals surface area contributed by atoms with Crippen LogP contribution in [0, 0.1) is 10.1 Å². The van der Waals surface area contributed by atoms with Crippen molar-refractivity contribution in [3.8, 4) is 5.75 Å². The number of benzene rings is 2. The van der Waals surface area contributed by atoms with Crippen LogP contribution in [0.25, 0.3) is 0 Å². The highest BCUT2D eigenvalue weighted by atomic mass is 35.5. The van der Waals surface area contributed by atoms with Gasteiger partial charge < -0.3 is 5.11 Å². The quantitative estimate of drug-likeness (QED) is 0.525. The molecule has 20 heavy (non-hydrogen) atoms. The Balaban J connectivity index is 2.53. The lowest BCUT2D eigenvalue weighted by Gasteiger charge is -2.06. The number of nitro groups is 1. The Labute approximate surface area is 120 Å². The number of halogens is 1. The van der Waals surface area contributed by atoms with Crippen LogP contribution in [-0.2, 0) is 0 Å². The third-order valence-corrected chi connectivity index (χ3v) is 2.91. The second-order valence-corrected chi connectivity index (χ2v) is 4.55. The van der Waals surface area contributed by atoms with Gasteiger partial charge in [0.15, 0.2) is 0 Å². The molecule has 0 aliphatic carbocycles. The van der Waals surface area contributed by atoms with E-state index in [-0.39, 0.29) is 10.6 Å². The highest BCUT2D eigenvalue weighted by Crippen LogP contribution is 2.34. The Hall–Kier alpha value is -2.40. The number of para-hydroxylation sites is 1. The maximum atomic E-state index is 10.9. The van der Waals surface area contributed by atoms with Gasteiger partial charge in [0.25, 0.3) is 0 Å². The molecular weight excluding hydrogens is 280 g/mol. The number of phenolic OH excluding ortho intramolecular Hbond substituents is 1. The summed E-state index contributed by atoms with van der Waals surface area (Å²) in [4.78, 5) is 14.5. The van der Waals surface area contributed by atoms with Crippen LogP contribution in [0.3, 0.4) is 0 Å². The predicted molar refractivity (Wildman–Crippen MR) is 78.1 cm³/mol. The minimum atomic E-state index is -0.680. The lowest BCUT2D eigenvalue weighted by Crippen LogP contribution is -1.98. The Morgan fingerprint density at radius 2 is 1.95 bits per heavy atom. The standard InChI is InChI=1S/C14H11ClN2O3/c1-9(16-11-5-3-2-4-6-11)12-7-10(15)8-13(14(12)18)17(19)20/h2-8,18H,1H3. The largest absolute Gasteiger partial charge is 0.502 e. The molecular formula is C14H11ClN2O3. The minimum Gasteiger partial charge on any atom is -0.502 e. The number of hydrogen-bond acceptors (Lipinski definition) is 4. The van der Waals surface area contributed by atoms with E-state index in [0.717, 1.165) is 6.07 Å². The molecule has 0 atom stereocenters. The van der Waals surface area contributed by atoms with Gasteiger partial charge in [-0.2, -0.15) is 0 Å². The van der Waals surface area contributed by atoms with E-state index < -0.39 is 16.4 Å². The van der Waals surface area contributed by atoms with Crippen molar-refractivity contribution in [1.82, 2.24) is 0 Å². The molecule has 0 heterocycles. The van der Waals surface area contributed by atoms with Crippen molar-refractivity contribution in [3.63, 3.8) is 0 Å². The average Bonchev–Trinajstić information content (AvgIpc) is 2.41. The monoisotopic (exact) mass is 290 g/mol. The predicted octanol–water partition coefficient (Wildman–Crippen LogP) is 4.09. The summed E-state index contributed by atoms with van der Waals surface area (Å²) in [5.41, 5.74) is 0.939. The van der Waals surface area contributed by atoms with E-state index in [9.17, 15) is 15.2 Å². The molecule has 5 nitrogen and oxygen atoms in total. The Morgan fingerprint density at radius 3 is 2.55 bits per heavy atom. The van der Waals surface area contributed by atoms with Crippen LogP contribution in [0.15, 0.2) is 47.5 Å². The number of aromatic hydroxyl groups is 1. The maximum absolute atomic E-state index is 10.9. The van der Waals surface area contributed by atoms with E-state index in [4.69, 9.17) is 11.6 Å². The van der Waals surface area contributed by atoms with Crippen molar-refractivity contribution in [2.45, 2.75) is 6.92 Å². The molecule has 0 spiro atoms. The third-order valence-electron chi connectivity index (χ3n) is 2.69. The molecule has 0 bridgehead atoms. The van der Waals surface area contributed by atoms with Crippen molar-refractivity contribution in [2.75, 3.05) is 0 Å². The first-order valence-electron chi connectivity index (χ1n) is 5.76. The van der Waals surface area contributed by atoms with Gasteiger partial charge in [0.2, 0.25) is 5.75 Å². The molecule has 0 aliphatic heterocycles. The SMILES string of the molecule is CC(=Nc1ccccc1)c1cc(Cl)cc([N+](=O)[O-])c1O. The average molecular weight is 291 g/mol. The molecule has 0 aromatic heterocycles. The molecule has 0 aliphatic rings. The molecule has 0 saturated heterocycles. The van der Waals surface area contributed by atoms with E-state index in [0.29, 0.717) is 11.4 Å². The topological polar surface area (TPSA) is 75.7 Å². The normalized spacial score (nSPS) is 11.4. The summed E-state index contributed by atoms with van der Waals surface area (Å²) in [6, 6.07) is 11.6. The van der Waals surface area contributed by atoms with E-state index in [2.05, 4.69) is 4.99 Å². The van der Waals surface area contributed by atoms with Crippen molar-refractivity contribution in [3.05, 3.63) is 63.2 Å². The van der Waals surface area contributed by atoms with Crippen molar-refractivity contribution in [2.24, 2.45) is 4.99 Å². The first-order valence-corrected chi connectivity index (χ1v) is 6.14. The number of rotatable bonds is 3. The Kier molecular flexibility index (Phi) is 4.00. The second kappa shape index (κ2) is 5.71. The first kappa shape index (κ1) is 14.0. The smallest absolute Gasteiger partial charge is 0.312 e. The lowest BCUT2D eigenvalue weighted by molar-refractivity contribution is -0.385. The summed E-state index contributed by atoms with van der Waals surface area (Å²) < 4.78 is 0. The minimum absolute atomic E-state index is 0.173. The molecule has 0 unspecified atom stereocenters. The van der Waals surface area contributed by atoms with Gasteiger partial charge in [0, 0.05) is 22.4 Å². The number of hydrogen-bond donors (Lipinski definition) is 1. The number of phenols is 1. The van der Waals surface area contributed by atoms with E-state index in [1.165, 1.54) is 6.07 Å². The molecule has 0 fully saturated rings. The van der Waals surface area contributed by atoms with Crippen LogP contribution < -0.4 is 0 Å². The van der Waals surface area contributed by atoms with Crippen molar-refractivity contribution in [1.29, 1.82) is 0 Å². The molecule has 1 N–H and O–H groups in total. The van der Waals surface area contributed by atoms with Crippen LogP contribution in [0.2, 0.25) is 5.02 Å². The highest BCUT2D eigenvalue weighted by molar-refractivity contribution is 6.31. The summed E-state index contributed by atoms with van der Waals surface area (Å²) in [5, 5.41) is 21.0. The maximum Gasteiger partial charge on any atom is 0.312 e. The molecule has 2 rings (SSSR count). The van der Waals surface area contributed by atoms with Crippen LogP contribution >= 0.6 is 11.6 Å². The fraction of sp³-hybridized carbons (Fsp3) is 0.0714. The van der Waals surface area contributed by atoms with Gasteiger partial charge in [-0.05, 0) is 25.1 Å². The molecule has 6 heteroatoms. The van der Waals surface area contributed by atoms with E-state index >= 15 is 0 Å². The molecule has 0 radical (unpaired) electrons. The first-order chi connectivity index (χ1) is 9.49. The molecule has 102 valence electrons.